The zero-order chi connectivity index (χ0) is 23.6. The number of sulfonamides is 1. The van der Waals surface area contributed by atoms with E-state index >= 15 is 0 Å². The Bertz CT molecular complexity index is 1310. The summed E-state index contributed by atoms with van der Waals surface area (Å²) in [7, 11) is -3.73. The number of benzene rings is 2. The number of ether oxygens (including phenoxy) is 2. The summed E-state index contributed by atoms with van der Waals surface area (Å²) < 4.78 is 38.8. The predicted molar refractivity (Wildman–Crippen MR) is 126 cm³/mol. The van der Waals surface area contributed by atoms with E-state index < -0.39 is 15.9 Å². The molecule has 174 valence electrons. The molecule has 1 aliphatic heterocycles. The van der Waals surface area contributed by atoms with Gasteiger partial charge in [-0.15, -0.1) is 11.3 Å². The molecule has 2 aromatic carbocycles. The number of nitrogens with one attached hydrogen (secondary N) is 1. The van der Waals surface area contributed by atoms with Crippen LogP contribution in [0.5, 0.6) is 0 Å². The fraction of sp³-hybridized carbons (Fsp3) is 0.304. The fourth-order valence-corrected chi connectivity index (χ4v) is 6.17. The van der Waals surface area contributed by atoms with Gasteiger partial charge in [0.15, 0.2) is 0 Å². The van der Waals surface area contributed by atoms with Gasteiger partial charge in [-0.05, 0) is 61.2 Å². The van der Waals surface area contributed by atoms with Crippen LogP contribution in [0.1, 0.15) is 32.5 Å². The molecular formula is C23H24N2O6S2. The number of anilines is 1. The highest BCUT2D eigenvalue weighted by Crippen LogP contribution is 2.29. The van der Waals surface area contributed by atoms with Gasteiger partial charge in [-0.2, -0.15) is 4.31 Å². The van der Waals surface area contributed by atoms with Crippen molar-refractivity contribution in [1.82, 2.24) is 4.31 Å². The number of carbonyl (C=O) groups is 2. The molecule has 0 spiro atoms. The molecule has 1 fully saturated rings. The number of hydrogen-bond donors (Lipinski definition) is 1. The number of carbonyl (C=O) groups excluding carboxylic acids is 2. The number of nitrogens with zero attached hydrogens (tertiary/aromatic N) is 1. The number of thiophene rings is 1. The number of amides is 1. The second kappa shape index (κ2) is 9.60. The first-order valence-electron chi connectivity index (χ1n) is 10.5. The highest BCUT2D eigenvalue weighted by atomic mass is 32.2. The van der Waals surface area contributed by atoms with Gasteiger partial charge < -0.3 is 14.8 Å². The Hall–Kier alpha value is -2.79. The molecule has 1 amide bonds. The molecule has 1 N–H and O–H groups in total. The third-order valence-electron chi connectivity index (χ3n) is 5.29. The predicted octanol–water partition coefficient (Wildman–Crippen LogP) is 3.66. The zero-order valence-electron chi connectivity index (χ0n) is 18.3. The molecule has 10 heteroatoms. The van der Waals surface area contributed by atoms with E-state index in [4.69, 9.17) is 9.47 Å². The maximum Gasteiger partial charge on any atom is 0.348 e. The molecular weight excluding hydrogens is 464 g/mol. The third kappa shape index (κ3) is 4.93. The van der Waals surface area contributed by atoms with Crippen LogP contribution in [0.2, 0.25) is 0 Å². The molecule has 0 radical (unpaired) electrons. The summed E-state index contributed by atoms with van der Waals surface area (Å²) in [4.78, 5) is 25.5. The lowest BCUT2D eigenvalue weighted by Crippen LogP contribution is -2.40. The van der Waals surface area contributed by atoms with Crippen molar-refractivity contribution in [2.45, 2.75) is 18.7 Å². The van der Waals surface area contributed by atoms with E-state index in [2.05, 4.69) is 5.32 Å². The van der Waals surface area contributed by atoms with Crippen LogP contribution in [0.4, 0.5) is 5.69 Å². The van der Waals surface area contributed by atoms with Crippen molar-refractivity contribution in [3.05, 3.63) is 58.5 Å². The summed E-state index contributed by atoms with van der Waals surface area (Å²) in [5.74, 6) is -0.799. The molecule has 1 saturated heterocycles. The highest BCUT2D eigenvalue weighted by molar-refractivity contribution is 7.89. The average molecular weight is 489 g/mol. The van der Waals surface area contributed by atoms with E-state index in [9.17, 15) is 18.0 Å². The SMILES string of the molecule is CCOC(=O)c1cc2cc(NC(=O)c3ccc(C)c(S(=O)(=O)N4CCOCC4)c3)ccc2s1. The number of morpholine rings is 1. The molecule has 1 aliphatic rings. The molecule has 1 aromatic heterocycles. The van der Waals surface area contributed by atoms with E-state index in [1.165, 1.54) is 21.7 Å². The van der Waals surface area contributed by atoms with E-state index in [1.54, 1.807) is 44.2 Å². The monoisotopic (exact) mass is 488 g/mol. The highest BCUT2D eigenvalue weighted by Gasteiger charge is 2.28. The first-order valence-corrected chi connectivity index (χ1v) is 12.8. The Balaban J connectivity index is 1.56. The minimum atomic E-state index is -3.73. The third-order valence-corrected chi connectivity index (χ3v) is 8.43. The van der Waals surface area contributed by atoms with Crippen LogP contribution >= 0.6 is 11.3 Å². The average Bonchev–Trinajstić information content (AvgIpc) is 3.23. The molecule has 4 rings (SSSR count). The molecule has 0 bridgehead atoms. The number of esters is 1. The van der Waals surface area contributed by atoms with E-state index in [-0.39, 0.29) is 29.5 Å². The molecule has 8 nitrogen and oxygen atoms in total. The van der Waals surface area contributed by atoms with E-state index in [0.717, 1.165) is 10.1 Å². The summed E-state index contributed by atoms with van der Waals surface area (Å²) in [6.07, 6.45) is 0. The number of rotatable bonds is 6. The van der Waals surface area contributed by atoms with Crippen molar-refractivity contribution >= 4 is 49.0 Å². The Morgan fingerprint density at radius 3 is 2.61 bits per heavy atom. The lowest BCUT2D eigenvalue weighted by atomic mass is 10.1. The first-order chi connectivity index (χ1) is 15.8. The van der Waals surface area contributed by atoms with Gasteiger partial charge in [0.25, 0.3) is 5.91 Å². The van der Waals surface area contributed by atoms with Crippen molar-refractivity contribution < 1.29 is 27.5 Å². The second-order valence-electron chi connectivity index (χ2n) is 7.53. The number of fused-ring (bicyclic) bond motifs is 1. The van der Waals surface area contributed by atoms with Gasteiger partial charge in [0.05, 0.1) is 24.7 Å². The Kier molecular flexibility index (Phi) is 6.80. The molecule has 0 atom stereocenters. The molecule has 0 unspecified atom stereocenters. The van der Waals surface area contributed by atoms with Gasteiger partial charge in [0.1, 0.15) is 4.88 Å². The van der Waals surface area contributed by atoms with Crippen molar-refractivity contribution in [3.63, 3.8) is 0 Å². The summed E-state index contributed by atoms with van der Waals surface area (Å²) >= 11 is 1.32. The minimum absolute atomic E-state index is 0.115. The van der Waals surface area contributed by atoms with Crippen molar-refractivity contribution in [3.8, 4) is 0 Å². The van der Waals surface area contributed by atoms with E-state index in [1.807, 2.05) is 6.07 Å². The van der Waals surface area contributed by atoms with Gasteiger partial charge >= 0.3 is 5.97 Å². The van der Waals surface area contributed by atoms with Crippen molar-refractivity contribution in [2.24, 2.45) is 0 Å². The summed E-state index contributed by atoms with van der Waals surface area (Å²) in [6, 6.07) is 11.7. The number of aryl methyl sites for hydroxylation is 1. The van der Waals surface area contributed by atoms with Gasteiger partial charge in [0.2, 0.25) is 10.0 Å². The Morgan fingerprint density at radius 1 is 1.12 bits per heavy atom. The molecule has 33 heavy (non-hydrogen) atoms. The number of hydrogen-bond acceptors (Lipinski definition) is 7. The topological polar surface area (TPSA) is 102 Å². The van der Waals surface area contributed by atoms with Crippen LogP contribution in [0.3, 0.4) is 0 Å². The Morgan fingerprint density at radius 2 is 1.88 bits per heavy atom. The van der Waals surface area contributed by atoms with Crippen molar-refractivity contribution in [1.29, 1.82) is 0 Å². The molecule has 0 saturated carbocycles. The summed E-state index contributed by atoms with van der Waals surface area (Å²) in [5, 5.41) is 3.62. The van der Waals surface area contributed by atoms with Gasteiger partial charge in [-0.1, -0.05) is 6.07 Å². The minimum Gasteiger partial charge on any atom is -0.462 e. The zero-order valence-corrected chi connectivity index (χ0v) is 19.9. The standard InChI is InChI=1S/C23H24N2O6S2/c1-3-31-23(27)20-13-17-12-18(6-7-19(17)32-20)24-22(26)16-5-4-15(2)21(14-16)33(28,29)25-8-10-30-11-9-25/h4-7,12-14H,3,8-11H2,1-2H3,(H,24,26). The lowest BCUT2D eigenvalue weighted by molar-refractivity contribution is 0.0532. The maximum absolute atomic E-state index is 13.1. The largest absolute Gasteiger partial charge is 0.462 e. The van der Waals surface area contributed by atoms with Crippen LogP contribution < -0.4 is 5.32 Å². The van der Waals surface area contributed by atoms with Crippen LogP contribution in [0, 0.1) is 6.92 Å². The van der Waals surface area contributed by atoms with Gasteiger partial charge in [-0.3, -0.25) is 4.79 Å². The second-order valence-corrected chi connectivity index (χ2v) is 10.5. The van der Waals surface area contributed by atoms with E-state index in [0.29, 0.717) is 35.9 Å². The first kappa shape index (κ1) is 23.4. The fourth-order valence-electron chi connectivity index (χ4n) is 3.57. The molecule has 0 aliphatic carbocycles. The summed E-state index contributed by atoms with van der Waals surface area (Å²) in [6.45, 7) is 5.03. The quantitative estimate of drug-likeness (QED) is 0.532. The molecule has 3 aromatic rings. The van der Waals surface area contributed by atoms with Crippen molar-refractivity contribution in [2.75, 3.05) is 38.2 Å². The lowest BCUT2D eigenvalue weighted by Gasteiger charge is -2.26. The van der Waals surface area contributed by atoms with Crippen LogP contribution in [-0.4, -0.2) is 57.5 Å². The van der Waals surface area contributed by atoms with Crippen LogP contribution in [0.15, 0.2) is 47.4 Å². The maximum atomic E-state index is 13.1. The Labute approximate surface area is 196 Å². The van der Waals surface area contributed by atoms with Gasteiger partial charge in [0, 0.05) is 29.0 Å². The normalized spacial score (nSPS) is 14.8. The smallest absolute Gasteiger partial charge is 0.348 e. The van der Waals surface area contributed by atoms with Crippen LogP contribution in [0.25, 0.3) is 10.1 Å². The van der Waals surface area contributed by atoms with Gasteiger partial charge in [-0.25, -0.2) is 13.2 Å². The molecule has 2 heterocycles. The van der Waals surface area contributed by atoms with Crippen LogP contribution in [-0.2, 0) is 19.5 Å². The summed E-state index contributed by atoms with van der Waals surface area (Å²) in [5.41, 5.74) is 1.35.